The normalized spacial score (nSPS) is 10.6. The molecule has 0 saturated carbocycles. The smallest absolute Gasteiger partial charge is 0.164 e. The monoisotopic (exact) mass is 276 g/mol. The summed E-state index contributed by atoms with van der Waals surface area (Å²) >= 11 is 0. The minimum absolute atomic E-state index is 0.400. The maximum absolute atomic E-state index is 5.86. The highest BCUT2D eigenvalue weighted by Crippen LogP contribution is 2.24. The molecule has 0 fully saturated rings. The molecule has 0 aliphatic heterocycles. The molecule has 108 valence electrons. The van der Waals surface area contributed by atoms with Crippen molar-refractivity contribution in [3.8, 4) is 11.5 Å². The average molecular weight is 276 g/mol. The van der Waals surface area contributed by atoms with Gasteiger partial charge in [0.25, 0.3) is 0 Å². The van der Waals surface area contributed by atoms with E-state index in [0.29, 0.717) is 13.2 Å². The van der Waals surface area contributed by atoms with Gasteiger partial charge < -0.3 is 14.8 Å². The van der Waals surface area contributed by atoms with Crippen LogP contribution in [-0.4, -0.2) is 28.9 Å². The predicted octanol–water partition coefficient (Wildman–Crippen LogP) is 1.60. The van der Waals surface area contributed by atoms with Crippen LogP contribution in [0.15, 0.2) is 24.5 Å². The summed E-state index contributed by atoms with van der Waals surface area (Å²) in [5.41, 5.74) is 1.05. The third kappa shape index (κ3) is 3.27. The summed E-state index contributed by atoms with van der Waals surface area (Å²) in [6.45, 7) is 3.92. The molecule has 1 aromatic carbocycles. The van der Waals surface area contributed by atoms with E-state index in [-0.39, 0.29) is 0 Å². The fourth-order valence-electron chi connectivity index (χ4n) is 1.96. The topological polar surface area (TPSA) is 61.2 Å². The molecule has 2 rings (SSSR count). The molecule has 0 amide bonds. The average Bonchev–Trinajstić information content (AvgIpc) is 2.93. The zero-order valence-corrected chi connectivity index (χ0v) is 12.1. The molecule has 1 aromatic heterocycles. The second-order valence-electron chi connectivity index (χ2n) is 4.28. The van der Waals surface area contributed by atoms with Crippen LogP contribution in [0.2, 0.25) is 0 Å². The van der Waals surface area contributed by atoms with Gasteiger partial charge in [-0.25, -0.2) is 9.67 Å². The van der Waals surface area contributed by atoms with E-state index >= 15 is 0 Å². The summed E-state index contributed by atoms with van der Waals surface area (Å²) in [4.78, 5) is 4.20. The van der Waals surface area contributed by atoms with Crippen LogP contribution < -0.4 is 14.8 Å². The molecule has 1 N–H and O–H groups in total. The fraction of sp³-hybridized carbons (Fsp3) is 0.429. The van der Waals surface area contributed by atoms with Gasteiger partial charge in [-0.1, -0.05) is 0 Å². The molecule has 6 heteroatoms. The lowest BCUT2D eigenvalue weighted by Crippen LogP contribution is -2.10. The van der Waals surface area contributed by atoms with Gasteiger partial charge >= 0.3 is 0 Å². The number of rotatable bonds is 7. The highest BCUT2D eigenvalue weighted by Gasteiger charge is 2.08. The van der Waals surface area contributed by atoms with Crippen LogP contribution in [0.25, 0.3) is 0 Å². The van der Waals surface area contributed by atoms with Crippen LogP contribution in [-0.2, 0) is 19.7 Å². The number of nitrogens with one attached hydrogen (secondary N) is 1. The van der Waals surface area contributed by atoms with Gasteiger partial charge in [0, 0.05) is 18.7 Å². The van der Waals surface area contributed by atoms with Crippen LogP contribution in [0.4, 0.5) is 0 Å². The number of methoxy groups -OCH3 is 1. The van der Waals surface area contributed by atoms with Gasteiger partial charge in [0.05, 0.1) is 7.11 Å². The Kier molecular flexibility index (Phi) is 4.95. The Bertz CT molecular complexity index is 554. The first-order valence-electron chi connectivity index (χ1n) is 6.59. The van der Waals surface area contributed by atoms with E-state index in [1.807, 2.05) is 36.9 Å². The zero-order chi connectivity index (χ0) is 14.4. The summed E-state index contributed by atoms with van der Waals surface area (Å²) in [5, 5.41) is 7.25. The summed E-state index contributed by atoms with van der Waals surface area (Å²) in [7, 11) is 3.56. The van der Waals surface area contributed by atoms with Crippen LogP contribution >= 0.6 is 0 Å². The predicted molar refractivity (Wildman–Crippen MR) is 75.8 cm³/mol. The standard InChI is InChI=1S/C14H20N4O2/c1-4-18-14(16-10-17-18)9-20-13-6-5-12(19-3)7-11(13)8-15-2/h5-7,10,15H,4,8-9H2,1-3H3. The van der Waals surface area contributed by atoms with Crippen molar-refractivity contribution in [3.05, 3.63) is 35.9 Å². The summed E-state index contributed by atoms with van der Waals surface area (Å²) in [6, 6.07) is 5.77. The number of ether oxygens (including phenoxy) is 2. The van der Waals surface area contributed by atoms with Crippen LogP contribution in [0.5, 0.6) is 11.5 Å². The van der Waals surface area contributed by atoms with Gasteiger partial charge in [0.1, 0.15) is 24.4 Å². The molecule has 0 bridgehead atoms. The van der Waals surface area contributed by atoms with Gasteiger partial charge in [-0.2, -0.15) is 5.10 Å². The first-order chi connectivity index (χ1) is 9.78. The van der Waals surface area contributed by atoms with Gasteiger partial charge in [-0.3, -0.25) is 0 Å². The molecule has 6 nitrogen and oxygen atoms in total. The Hall–Kier alpha value is -2.08. The lowest BCUT2D eigenvalue weighted by atomic mass is 10.2. The molecule has 0 unspecified atom stereocenters. The van der Waals surface area contributed by atoms with E-state index in [9.17, 15) is 0 Å². The Morgan fingerprint density at radius 3 is 2.90 bits per heavy atom. The lowest BCUT2D eigenvalue weighted by molar-refractivity contribution is 0.283. The first kappa shape index (κ1) is 14.3. The van der Waals surface area contributed by atoms with Crippen LogP contribution in [0.3, 0.4) is 0 Å². The fourth-order valence-corrected chi connectivity index (χ4v) is 1.96. The van der Waals surface area contributed by atoms with Crippen molar-refractivity contribution in [1.82, 2.24) is 20.1 Å². The highest BCUT2D eigenvalue weighted by molar-refractivity contribution is 5.40. The molecule has 0 saturated heterocycles. The Morgan fingerprint density at radius 2 is 2.20 bits per heavy atom. The van der Waals surface area contributed by atoms with E-state index in [1.54, 1.807) is 13.4 Å². The van der Waals surface area contributed by atoms with Gasteiger partial charge in [0.15, 0.2) is 5.82 Å². The van der Waals surface area contributed by atoms with E-state index in [0.717, 1.165) is 29.4 Å². The summed E-state index contributed by atoms with van der Waals surface area (Å²) in [5.74, 6) is 2.46. The quantitative estimate of drug-likeness (QED) is 0.832. The second-order valence-corrected chi connectivity index (χ2v) is 4.28. The highest BCUT2D eigenvalue weighted by atomic mass is 16.5. The van der Waals surface area contributed by atoms with E-state index < -0.39 is 0 Å². The molecule has 0 atom stereocenters. The van der Waals surface area contributed by atoms with Gasteiger partial charge in [-0.05, 0) is 32.2 Å². The lowest BCUT2D eigenvalue weighted by Gasteiger charge is -2.12. The third-order valence-electron chi connectivity index (χ3n) is 2.99. The van der Waals surface area contributed by atoms with Crippen LogP contribution in [0.1, 0.15) is 18.3 Å². The molecule has 0 aliphatic carbocycles. The first-order valence-corrected chi connectivity index (χ1v) is 6.59. The number of benzene rings is 1. The molecular formula is C14H20N4O2. The molecule has 20 heavy (non-hydrogen) atoms. The molecule has 0 spiro atoms. The molecule has 1 heterocycles. The number of hydrogen-bond donors (Lipinski definition) is 1. The van der Waals surface area contributed by atoms with E-state index in [2.05, 4.69) is 15.4 Å². The Balaban J connectivity index is 2.12. The van der Waals surface area contributed by atoms with E-state index in [4.69, 9.17) is 9.47 Å². The van der Waals surface area contributed by atoms with Crippen molar-refractivity contribution < 1.29 is 9.47 Å². The third-order valence-corrected chi connectivity index (χ3v) is 2.99. The van der Waals surface area contributed by atoms with Crippen molar-refractivity contribution >= 4 is 0 Å². The number of aromatic nitrogens is 3. The van der Waals surface area contributed by atoms with Gasteiger partial charge in [-0.15, -0.1) is 0 Å². The van der Waals surface area contributed by atoms with Crippen molar-refractivity contribution in [2.24, 2.45) is 0 Å². The van der Waals surface area contributed by atoms with E-state index in [1.165, 1.54) is 0 Å². The molecule has 0 aliphatic rings. The Labute approximate surface area is 118 Å². The molecule has 0 radical (unpaired) electrons. The van der Waals surface area contributed by atoms with Crippen molar-refractivity contribution in [1.29, 1.82) is 0 Å². The minimum atomic E-state index is 0.400. The van der Waals surface area contributed by atoms with Crippen molar-refractivity contribution in [2.45, 2.75) is 26.6 Å². The number of aryl methyl sites for hydroxylation is 1. The summed E-state index contributed by atoms with van der Waals surface area (Å²) < 4.78 is 12.9. The maximum atomic E-state index is 5.86. The minimum Gasteiger partial charge on any atom is -0.497 e. The second kappa shape index (κ2) is 6.91. The number of nitrogens with zero attached hydrogens (tertiary/aromatic N) is 3. The summed E-state index contributed by atoms with van der Waals surface area (Å²) in [6.07, 6.45) is 1.55. The maximum Gasteiger partial charge on any atom is 0.164 e. The largest absolute Gasteiger partial charge is 0.497 e. The Morgan fingerprint density at radius 1 is 1.35 bits per heavy atom. The van der Waals surface area contributed by atoms with Gasteiger partial charge in [0.2, 0.25) is 0 Å². The molecule has 2 aromatic rings. The van der Waals surface area contributed by atoms with Crippen LogP contribution in [0, 0.1) is 0 Å². The molecular weight excluding hydrogens is 256 g/mol. The number of hydrogen-bond acceptors (Lipinski definition) is 5. The zero-order valence-electron chi connectivity index (χ0n) is 12.1. The van der Waals surface area contributed by atoms with Crippen molar-refractivity contribution in [3.63, 3.8) is 0 Å². The van der Waals surface area contributed by atoms with Crippen molar-refractivity contribution in [2.75, 3.05) is 14.2 Å². The SMILES string of the molecule is CCn1ncnc1COc1ccc(OC)cc1CNC.